The molecule has 1 unspecified atom stereocenters. The topological polar surface area (TPSA) is 78.1 Å². The van der Waals surface area contributed by atoms with Crippen molar-refractivity contribution in [1.29, 1.82) is 0 Å². The molecule has 4 heterocycles. The summed E-state index contributed by atoms with van der Waals surface area (Å²) in [5.74, 6) is -2.94. The number of thioether (sulfide) groups is 1. The SMILES string of the molecule is C=NC1=C(SC)c2ccccc2[C@@H](N2C3C4CCC(CC4)N3C(=O)c3c(O)c(=O)ccn32)c2ccc(F)c(F)c21. The van der Waals surface area contributed by atoms with E-state index in [4.69, 9.17) is 0 Å². The Kier molecular flexibility index (Phi) is 5.68. The van der Waals surface area contributed by atoms with Gasteiger partial charge in [0, 0.05) is 28.8 Å². The van der Waals surface area contributed by atoms with Gasteiger partial charge in [-0.25, -0.2) is 8.78 Å². The van der Waals surface area contributed by atoms with Crippen molar-refractivity contribution in [1.82, 2.24) is 9.58 Å². The number of aliphatic imine (C=N–C) groups is 1. The number of rotatable bonds is 3. The summed E-state index contributed by atoms with van der Waals surface area (Å²) in [5.41, 5.74) is 1.52. The van der Waals surface area contributed by atoms with Crippen molar-refractivity contribution in [3.05, 3.63) is 98.5 Å². The van der Waals surface area contributed by atoms with Gasteiger partial charge in [0.05, 0.1) is 11.7 Å². The van der Waals surface area contributed by atoms with E-state index in [9.17, 15) is 19.1 Å². The molecule has 2 saturated heterocycles. The van der Waals surface area contributed by atoms with Crippen molar-refractivity contribution in [3.63, 3.8) is 0 Å². The Labute approximate surface area is 233 Å². The van der Waals surface area contributed by atoms with E-state index in [0.29, 0.717) is 10.5 Å². The number of halogens is 2. The summed E-state index contributed by atoms with van der Waals surface area (Å²) in [7, 11) is 0. The van der Waals surface area contributed by atoms with E-state index in [1.807, 2.05) is 35.5 Å². The number of fused-ring (bicyclic) bond motifs is 5. The molecule has 40 heavy (non-hydrogen) atoms. The molecule has 1 saturated carbocycles. The number of carbonyl (C=O) groups is 1. The smallest absolute Gasteiger partial charge is 0.278 e. The fraction of sp³-hybridized carbons (Fsp3) is 0.300. The second-order valence-corrected chi connectivity index (χ2v) is 11.5. The minimum atomic E-state index is -1.03. The predicted octanol–water partition coefficient (Wildman–Crippen LogP) is 5.12. The molecular formula is C30H26F2N4O3S. The molecule has 3 aromatic rings. The average molecular weight is 561 g/mol. The van der Waals surface area contributed by atoms with Gasteiger partial charge in [-0.2, -0.15) is 0 Å². The van der Waals surface area contributed by atoms with E-state index in [-0.39, 0.29) is 28.9 Å². The molecule has 0 radical (unpaired) electrons. The first-order chi connectivity index (χ1) is 19.4. The first-order valence-corrected chi connectivity index (χ1v) is 14.5. The monoisotopic (exact) mass is 560 g/mol. The summed E-state index contributed by atoms with van der Waals surface area (Å²) < 4.78 is 32.3. The molecule has 8 rings (SSSR count). The van der Waals surface area contributed by atoms with Gasteiger partial charge in [-0.05, 0) is 67.3 Å². The van der Waals surface area contributed by atoms with Crippen LogP contribution in [0.1, 0.15) is 64.5 Å². The fourth-order valence-electron chi connectivity index (χ4n) is 7.21. The van der Waals surface area contributed by atoms with E-state index in [0.717, 1.165) is 42.9 Å². The number of hydrogen-bond donors (Lipinski definition) is 1. The third-order valence-corrected chi connectivity index (χ3v) is 9.67. The lowest BCUT2D eigenvalue weighted by Gasteiger charge is -2.59. The first-order valence-electron chi connectivity index (χ1n) is 13.3. The van der Waals surface area contributed by atoms with Gasteiger partial charge in [0.2, 0.25) is 5.43 Å². The van der Waals surface area contributed by atoms with Gasteiger partial charge in [-0.3, -0.25) is 24.3 Å². The van der Waals surface area contributed by atoms with Crippen LogP contribution in [-0.4, -0.2) is 45.8 Å². The second-order valence-electron chi connectivity index (χ2n) is 10.7. The van der Waals surface area contributed by atoms with Crippen LogP contribution in [0.15, 0.2) is 58.4 Å². The zero-order valence-electron chi connectivity index (χ0n) is 21.7. The molecule has 7 nitrogen and oxygen atoms in total. The fourth-order valence-corrected chi connectivity index (χ4v) is 7.98. The highest BCUT2D eigenvalue weighted by Gasteiger charge is 2.54. The van der Waals surface area contributed by atoms with Gasteiger partial charge in [-0.1, -0.05) is 30.3 Å². The molecule has 3 fully saturated rings. The Bertz CT molecular complexity index is 1690. The van der Waals surface area contributed by atoms with Crippen LogP contribution in [0.25, 0.3) is 10.6 Å². The maximum atomic E-state index is 15.9. The largest absolute Gasteiger partial charge is 0.502 e. The average Bonchev–Trinajstić information content (AvgIpc) is 3.09. The molecule has 1 amide bonds. The van der Waals surface area contributed by atoms with Crippen LogP contribution in [0.4, 0.5) is 8.78 Å². The predicted molar refractivity (Wildman–Crippen MR) is 151 cm³/mol. The van der Waals surface area contributed by atoms with E-state index in [2.05, 4.69) is 11.7 Å². The highest BCUT2D eigenvalue weighted by Crippen LogP contribution is 2.51. The van der Waals surface area contributed by atoms with Gasteiger partial charge in [0.15, 0.2) is 23.1 Å². The van der Waals surface area contributed by atoms with Crippen LogP contribution in [0.2, 0.25) is 0 Å². The molecular weight excluding hydrogens is 534 g/mol. The number of pyridine rings is 1. The molecule has 1 N–H and O–H groups in total. The summed E-state index contributed by atoms with van der Waals surface area (Å²) in [6.45, 7) is 3.72. The Morgan fingerprint density at radius 2 is 1.77 bits per heavy atom. The Morgan fingerprint density at radius 1 is 1.02 bits per heavy atom. The molecule has 5 aliphatic rings. The number of nitrogens with zero attached hydrogens (tertiary/aromatic N) is 4. The van der Waals surface area contributed by atoms with Crippen molar-refractivity contribution < 1.29 is 18.7 Å². The molecule has 2 aromatic carbocycles. The number of carbonyl (C=O) groups excluding carboxylic acids is 1. The van der Waals surface area contributed by atoms with E-state index >= 15 is 4.39 Å². The van der Waals surface area contributed by atoms with E-state index < -0.39 is 40.9 Å². The molecule has 3 aliphatic heterocycles. The zero-order chi connectivity index (χ0) is 27.9. The third-order valence-electron chi connectivity index (χ3n) is 8.85. The zero-order valence-corrected chi connectivity index (χ0v) is 22.5. The first kappa shape index (κ1) is 25.1. The van der Waals surface area contributed by atoms with Gasteiger partial charge in [0.1, 0.15) is 6.17 Å². The Morgan fingerprint density at radius 3 is 2.50 bits per heavy atom. The maximum Gasteiger partial charge on any atom is 0.278 e. The minimum absolute atomic E-state index is 0.0109. The second kappa shape index (κ2) is 9.05. The van der Waals surface area contributed by atoms with Gasteiger partial charge >= 0.3 is 0 Å². The van der Waals surface area contributed by atoms with Crippen LogP contribution < -0.4 is 10.4 Å². The Hall–Kier alpha value is -3.92. The van der Waals surface area contributed by atoms with Gasteiger partial charge in [0.25, 0.3) is 5.91 Å². The molecule has 1 aromatic heterocycles. The third kappa shape index (κ3) is 3.25. The molecule has 204 valence electrons. The molecule has 10 heteroatoms. The Balaban J connectivity index is 1.61. The van der Waals surface area contributed by atoms with Crippen LogP contribution in [0, 0.1) is 17.6 Å². The van der Waals surface area contributed by atoms with E-state index in [1.165, 1.54) is 24.0 Å². The highest BCUT2D eigenvalue weighted by molar-refractivity contribution is 8.07. The van der Waals surface area contributed by atoms with E-state index in [1.54, 1.807) is 15.6 Å². The number of piperidine rings is 2. The van der Waals surface area contributed by atoms with Gasteiger partial charge < -0.3 is 10.0 Å². The van der Waals surface area contributed by atoms with Crippen molar-refractivity contribution in [2.24, 2.45) is 10.9 Å². The lowest BCUT2D eigenvalue weighted by molar-refractivity contribution is -0.0248. The minimum Gasteiger partial charge on any atom is -0.502 e. The quantitative estimate of drug-likeness (QED) is 0.450. The van der Waals surface area contributed by atoms with Crippen molar-refractivity contribution >= 4 is 35.0 Å². The summed E-state index contributed by atoms with van der Waals surface area (Å²) in [4.78, 5) is 33.2. The number of benzene rings is 2. The lowest BCUT2D eigenvalue weighted by Crippen LogP contribution is -2.70. The summed E-state index contributed by atoms with van der Waals surface area (Å²) in [6, 6.07) is 10.8. The molecule has 0 spiro atoms. The summed E-state index contributed by atoms with van der Waals surface area (Å²) in [6.07, 6.45) is 6.40. The standard InChI is InChI=1S/C30H26F2N4O3S/c1-33-24-22-19(11-12-20(31)23(22)32)25(17-5-3-4-6-18(17)28(24)40-2)36-29-15-7-9-16(10-8-15)35(29)30(39)26-27(38)21(37)13-14-34(26)36/h3-6,11-16,25,29,38H,1,7-10H2,2H3/t15?,16?,25-,29?/m1/s1. The van der Waals surface area contributed by atoms with Crippen molar-refractivity contribution in [2.45, 2.75) is 43.9 Å². The normalized spacial score (nSPS) is 24.7. The van der Waals surface area contributed by atoms with Crippen LogP contribution >= 0.6 is 11.8 Å². The lowest BCUT2D eigenvalue weighted by atomic mass is 9.76. The highest BCUT2D eigenvalue weighted by atomic mass is 32.2. The number of aromatic hydroxyl groups is 1. The number of amides is 1. The van der Waals surface area contributed by atoms with Crippen LogP contribution in [0.5, 0.6) is 5.75 Å². The number of hydrogen-bond acceptors (Lipinski definition) is 6. The summed E-state index contributed by atoms with van der Waals surface area (Å²) in [5, 5.41) is 12.9. The summed E-state index contributed by atoms with van der Waals surface area (Å²) >= 11 is 1.37. The molecule has 2 aliphatic carbocycles. The van der Waals surface area contributed by atoms with Crippen LogP contribution in [-0.2, 0) is 0 Å². The van der Waals surface area contributed by atoms with Crippen molar-refractivity contribution in [2.75, 3.05) is 11.3 Å². The molecule has 2 atom stereocenters. The molecule has 2 bridgehead atoms. The maximum absolute atomic E-state index is 15.9. The van der Waals surface area contributed by atoms with Crippen molar-refractivity contribution in [3.8, 4) is 5.75 Å². The number of aromatic nitrogens is 1. The van der Waals surface area contributed by atoms with Gasteiger partial charge in [-0.15, -0.1) is 11.8 Å². The van der Waals surface area contributed by atoms with Crippen LogP contribution in [0.3, 0.4) is 0 Å².